The molecule has 0 bridgehead atoms. The van der Waals surface area contributed by atoms with E-state index in [2.05, 4.69) is 20.6 Å². The number of rotatable bonds is 6. The molecule has 0 fully saturated rings. The number of nitrogens with zero attached hydrogens (tertiary/aromatic N) is 3. The van der Waals surface area contributed by atoms with Gasteiger partial charge in [-0.2, -0.15) is 0 Å². The second-order valence-electron chi connectivity index (χ2n) is 3.64. The number of hydrogen-bond donors (Lipinski definition) is 2. The number of aromatic nitrogens is 2. The Morgan fingerprint density at radius 2 is 2.11 bits per heavy atom. The van der Waals surface area contributed by atoms with E-state index in [1.54, 1.807) is 11.3 Å². The smallest absolute Gasteiger partial charge is 0.353 e. The summed E-state index contributed by atoms with van der Waals surface area (Å²) in [6, 6.07) is 3.88. The van der Waals surface area contributed by atoms with Gasteiger partial charge in [0.05, 0.1) is 11.5 Å². The van der Waals surface area contributed by atoms with E-state index in [0.717, 1.165) is 4.88 Å². The van der Waals surface area contributed by atoms with Crippen LogP contribution in [0.25, 0.3) is 0 Å². The molecule has 0 spiro atoms. The average Bonchev–Trinajstić information content (AvgIpc) is 2.89. The van der Waals surface area contributed by atoms with Crippen LogP contribution in [0, 0.1) is 10.1 Å². The predicted molar refractivity (Wildman–Crippen MR) is 74.5 cm³/mol. The topological polar surface area (TPSA) is 93.0 Å². The molecule has 0 saturated heterocycles. The summed E-state index contributed by atoms with van der Waals surface area (Å²) in [5.74, 6) is 0.459. The van der Waals surface area contributed by atoms with Crippen LogP contribution in [0.4, 0.5) is 17.3 Å². The summed E-state index contributed by atoms with van der Waals surface area (Å²) in [4.78, 5) is 19.6. The number of thiophene rings is 1. The van der Waals surface area contributed by atoms with Crippen LogP contribution in [0.3, 0.4) is 0 Å². The van der Waals surface area contributed by atoms with Crippen LogP contribution in [0.5, 0.6) is 0 Å². The Hall–Kier alpha value is -2.22. The van der Waals surface area contributed by atoms with Gasteiger partial charge in [0, 0.05) is 11.4 Å². The first-order valence-electron chi connectivity index (χ1n) is 5.72. The molecule has 100 valence electrons. The van der Waals surface area contributed by atoms with Crippen molar-refractivity contribution in [3.8, 4) is 0 Å². The van der Waals surface area contributed by atoms with Crippen LogP contribution in [-0.4, -0.2) is 21.4 Å². The van der Waals surface area contributed by atoms with Gasteiger partial charge in [0.25, 0.3) is 0 Å². The van der Waals surface area contributed by atoms with E-state index in [-0.39, 0.29) is 17.3 Å². The molecule has 0 radical (unpaired) electrons. The molecule has 0 aliphatic carbocycles. The number of anilines is 2. The van der Waals surface area contributed by atoms with Gasteiger partial charge in [0.2, 0.25) is 11.6 Å². The first-order valence-corrected chi connectivity index (χ1v) is 6.59. The Kier molecular flexibility index (Phi) is 4.24. The highest BCUT2D eigenvalue weighted by Crippen LogP contribution is 2.29. The van der Waals surface area contributed by atoms with E-state index in [9.17, 15) is 10.1 Å². The van der Waals surface area contributed by atoms with Gasteiger partial charge in [-0.25, -0.2) is 9.97 Å². The maximum absolute atomic E-state index is 11.1. The molecule has 2 aromatic rings. The molecule has 0 aromatic carbocycles. The Labute approximate surface area is 113 Å². The Morgan fingerprint density at radius 1 is 1.37 bits per heavy atom. The largest absolute Gasteiger partial charge is 0.364 e. The van der Waals surface area contributed by atoms with E-state index in [4.69, 9.17) is 0 Å². The molecule has 19 heavy (non-hydrogen) atoms. The molecule has 0 saturated carbocycles. The number of nitro groups is 1. The lowest BCUT2D eigenvalue weighted by atomic mass is 10.4. The van der Waals surface area contributed by atoms with Crippen molar-refractivity contribution < 1.29 is 4.92 Å². The van der Waals surface area contributed by atoms with Crippen LogP contribution in [-0.2, 0) is 6.54 Å². The summed E-state index contributed by atoms with van der Waals surface area (Å²) in [5, 5.41) is 18.9. The van der Waals surface area contributed by atoms with Crippen LogP contribution in [0.1, 0.15) is 11.8 Å². The van der Waals surface area contributed by atoms with Gasteiger partial charge in [-0.05, 0) is 18.4 Å². The van der Waals surface area contributed by atoms with Crippen LogP contribution in [0.15, 0.2) is 23.8 Å². The van der Waals surface area contributed by atoms with E-state index >= 15 is 0 Å². The molecule has 2 rings (SSSR count). The molecule has 2 N–H and O–H groups in total. The molecule has 0 atom stereocenters. The second kappa shape index (κ2) is 6.10. The molecule has 2 aromatic heterocycles. The molecular weight excluding hydrogens is 266 g/mol. The normalized spacial score (nSPS) is 10.2. The molecule has 0 unspecified atom stereocenters. The SMILES string of the molecule is CCNc1ncnc(NCc2cccs2)c1[N+](=O)[O-]. The van der Waals surface area contributed by atoms with Crippen molar-refractivity contribution in [1.82, 2.24) is 9.97 Å². The number of nitrogens with one attached hydrogen (secondary N) is 2. The summed E-state index contributed by atoms with van der Waals surface area (Å²) in [5.41, 5.74) is -0.124. The zero-order valence-corrected chi connectivity index (χ0v) is 11.1. The van der Waals surface area contributed by atoms with Crippen molar-refractivity contribution in [2.45, 2.75) is 13.5 Å². The van der Waals surface area contributed by atoms with Crippen molar-refractivity contribution >= 4 is 28.7 Å². The van der Waals surface area contributed by atoms with Crippen LogP contribution < -0.4 is 10.6 Å². The second-order valence-corrected chi connectivity index (χ2v) is 4.67. The fourth-order valence-electron chi connectivity index (χ4n) is 1.56. The zero-order chi connectivity index (χ0) is 13.7. The van der Waals surface area contributed by atoms with Crippen molar-refractivity contribution in [2.75, 3.05) is 17.2 Å². The Morgan fingerprint density at radius 3 is 2.68 bits per heavy atom. The third-order valence-corrected chi connectivity index (χ3v) is 3.24. The van der Waals surface area contributed by atoms with E-state index in [1.165, 1.54) is 6.33 Å². The van der Waals surface area contributed by atoms with E-state index in [0.29, 0.717) is 13.1 Å². The third kappa shape index (κ3) is 3.16. The van der Waals surface area contributed by atoms with Crippen molar-refractivity contribution in [3.63, 3.8) is 0 Å². The van der Waals surface area contributed by atoms with Gasteiger partial charge in [-0.3, -0.25) is 10.1 Å². The highest BCUT2D eigenvalue weighted by molar-refractivity contribution is 7.09. The lowest BCUT2D eigenvalue weighted by molar-refractivity contribution is -0.383. The third-order valence-electron chi connectivity index (χ3n) is 2.36. The Bertz CT molecular complexity index is 558. The fourth-order valence-corrected chi connectivity index (χ4v) is 2.21. The summed E-state index contributed by atoms with van der Waals surface area (Å²) in [6.45, 7) is 2.91. The van der Waals surface area contributed by atoms with Gasteiger partial charge >= 0.3 is 5.69 Å². The average molecular weight is 279 g/mol. The fraction of sp³-hybridized carbons (Fsp3) is 0.273. The zero-order valence-electron chi connectivity index (χ0n) is 10.3. The van der Waals surface area contributed by atoms with Gasteiger partial charge < -0.3 is 10.6 Å². The molecule has 2 heterocycles. The van der Waals surface area contributed by atoms with Crippen LogP contribution in [0.2, 0.25) is 0 Å². The minimum Gasteiger partial charge on any atom is -0.364 e. The highest BCUT2D eigenvalue weighted by atomic mass is 32.1. The minimum atomic E-state index is -0.477. The molecule has 0 aliphatic heterocycles. The lowest BCUT2D eigenvalue weighted by Gasteiger charge is -2.08. The predicted octanol–water partition coefficient (Wildman–Crippen LogP) is 2.49. The molecule has 7 nitrogen and oxygen atoms in total. The van der Waals surface area contributed by atoms with Gasteiger partial charge in [-0.1, -0.05) is 6.07 Å². The van der Waals surface area contributed by atoms with Gasteiger partial charge in [0.15, 0.2) is 0 Å². The first kappa shape index (κ1) is 13.2. The van der Waals surface area contributed by atoms with Crippen molar-refractivity contribution in [1.29, 1.82) is 0 Å². The maximum atomic E-state index is 11.1. The minimum absolute atomic E-state index is 0.124. The number of hydrogen-bond acceptors (Lipinski definition) is 7. The van der Waals surface area contributed by atoms with Gasteiger partial charge in [-0.15, -0.1) is 11.3 Å². The first-order chi connectivity index (χ1) is 9.22. The quantitative estimate of drug-likeness (QED) is 0.623. The van der Waals surface area contributed by atoms with E-state index < -0.39 is 4.92 Å². The molecule has 0 amide bonds. The molecule has 8 heteroatoms. The van der Waals surface area contributed by atoms with Gasteiger partial charge in [0.1, 0.15) is 6.33 Å². The Balaban J connectivity index is 2.23. The van der Waals surface area contributed by atoms with E-state index in [1.807, 2.05) is 24.4 Å². The summed E-state index contributed by atoms with van der Waals surface area (Å²) in [7, 11) is 0. The molecular formula is C11H13N5O2S. The highest BCUT2D eigenvalue weighted by Gasteiger charge is 2.22. The van der Waals surface area contributed by atoms with Crippen molar-refractivity contribution in [3.05, 3.63) is 38.8 Å². The standard InChI is InChI=1S/C11H13N5O2S/c1-2-12-10-9(16(17)18)11(15-7-14-10)13-6-8-4-3-5-19-8/h3-5,7H,2,6H2,1H3,(H2,12,13,14,15). The summed E-state index contributed by atoms with van der Waals surface area (Å²) in [6.07, 6.45) is 1.31. The lowest BCUT2D eigenvalue weighted by Crippen LogP contribution is -2.09. The monoisotopic (exact) mass is 279 g/mol. The summed E-state index contributed by atoms with van der Waals surface area (Å²) >= 11 is 1.58. The summed E-state index contributed by atoms with van der Waals surface area (Å²) < 4.78 is 0. The molecule has 0 aliphatic rings. The van der Waals surface area contributed by atoms with Crippen molar-refractivity contribution in [2.24, 2.45) is 0 Å². The van der Waals surface area contributed by atoms with Crippen LogP contribution >= 0.6 is 11.3 Å². The maximum Gasteiger partial charge on any atom is 0.353 e.